The molecule has 0 unspecified atom stereocenters. The van der Waals surface area contributed by atoms with Crippen LogP contribution in [-0.4, -0.2) is 57.3 Å². The van der Waals surface area contributed by atoms with Crippen LogP contribution in [0.1, 0.15) is 19.8 Å². The van der Waals surface area contributed by atoms with E-state index in [-0.39, 0.29) is 17.4 Å². The van der Waals surface area contributed by atoms with Gasteiger partial charge in [0, 0.05) is 13.5 Å². The lowest BCUT2D eigenvalue weighted by Gasteiger charge is -2.52. The normalized spacial score (nSPS) is 27.0. The molecule has 0 aliphatic carbocycles. The van der Waals surface area contributed by atoms with E-state index in [4.69, 9.17) is 4.74 Å². The van der Waals surface area contributed by atoms with Crippen molar-refractivity contribution < 1.29 is 17.9 Å². The topological polar surface area (TPSA) is 75.7 Å². The summed E-state index contributed by atoms with van der Waals surface area (Å²) in [5.41, 5.74) is -0.159. The number of carbonyl (C=O) groups is 1. The molecule has 1 N–H and O–H groups in total. The SMILES string of the molecule is CC(=O)N1CC2(CC[C@H](CNS(C)(=O)=O)CO2)C1. The predicted molar refractivity (Wildman–Crippen MR) is 66.5 cm³/mol. The van der Waals surface area contributed by atoms with Crippen LogP contribution in [0.4, 0.5) is 0 Å². The summed E-state index contributed by atoms with van der Waals surface area (Å²) < 4.78 is 30.3. The molecule has 1 atom stereocenters. The van der Waals surface area contributed by atoms with Crippen molar-refractivity contribution in [1.82, 2.24) is 9.62 Å². The van der Waals surface area contributed by atoms with E-state index >= 15 is 0 Å². The van der Waals surface area contributed by atoms with Crippen LogP contribution in [-0.2, 0) is 19.6 Å². The minimum atomic E-state index is -3.12. The van der Waals surface area contributed by atoms with E-state index in [1.165, 1.54) is 0 Å². The predicted octanol–water partition coefficient (Wildman–Crippen LogP) is -0.437. The number of carbonyl (C=O) groups excluding carboxylic acids is 1. The number of sulfonamides is 1. The first-order valence-electron chi connectivity index (χ1n) is 6.14. The van der Waals surface area contributed by atoms with Gasteiger partial charge in [-0.25, -0.2) is 13.1 Å². The van der Waals surface area contributed by atoms with Crippen LogP contribution in [0.3, 0.4) is 0 Å². The molecule has 0 aromatic carbocycles. The van der Waals surface area contributed by atoms with Crippen molar-refractivity contribution in [2.75, 3.05) is 32.5 Å². The minimum Gasteiger partial charge on any atom is -0.371 e. The quantitative estimate of drug-likeness (QED) is 0.758. The summed E-state index contributed by atoms with van der Waals surface area (Å²) in [6.07, 6.45) is 3.00. The Morgan fingerprint density at radius 1 is 1.50 bits per heavy atom. The second kappa shape index (κ2) is 4.79. The summed E-state index contributed by atoms with van der Waals surface area (Å²) in [6.45, 7) is 3.91. The summed E-state index contributed by atoms with van der Waals surface area (Å²) in [4.78, 5) is 12.9. The van der Waals surface area contributed by atoms with Crippen molar-refractivity contribution in [3.63, 3.8) is 0 Å². The molecule has 1 amide bonds. The van der Waals surface area contributed by atoms with Gasteiger partial charge in [-0.1, -0.05) is 0 Å². The van der Waals surface area contributed by atoms with Crippen molar-refractivity contribution in [2.45, 2.75) is 25.4 Å². The van der Waals surface area contributed by atoms with Gasteiger partial charge in [-0.3, -0.25) is 4.79 Å². The van der Waals surface area contributed by atoms with E-state index < -0.39 is 10.0 Å². The fourth-order valence-corrected chi connectivity index (χ4v) is 3.01. The third-order valence-corrected chi connectivity index (χ3v) is 4.36. The monoisotopic (exact) mass is 276 g/mol. The molecule has 0 bridgehead atoms. The number of hydrogen-bond acceptors (Lipinski definition) is 4. The highest BCUT2D eigenvalue weighted by Crippen LogP contribution is 2.35. The summed E-state index contributed by atoms with van der Waals surface area (Å²) in [5, 5.41) is 0. The molecule has 2 heterocycles. The maximum Gasteiger partial charge on any atom is 0.219 e. The average Bonchev–Trinajstić information content (AvgIpc) is 2.22. The summed E-state index contributed by atoms with van der Waals surface area (Å²) in [6, 6.07) is 0. The van der Waals surface area contributed by atoms with Crippen LogP contribution >= 0.6 is 0 Å². The van der Waals surface area contributed by atoms with Crippen molar-refractivity contribution in [3.8, 4) is 0 Å². The van der Waals surface area contributed by atoms with Gasteiger partial charge in [-0.15, -0.1) is 0 Å². The molecule has 2 saturated heterocycles. The van der Waals surface area contributed by atoms with Gasteiger partial charge in [0.05, 0.1) is 26.0 Å². The molecule has 104 valence electrons. The van der Waals surface area contributed by atoms with Crippen LogP contribution < -0.4 is 4.72 Å². The molecule has 7 heteroatoms. The molecule has 0 saturated carbocycles. The number of likely N-dealkylation sites (tertiary alicyclic amines) is 1. The Labute approximate surface area is 108 Å². The molecule has 2 fully saturated rings. The van der Waals surface area contributed by atoms with Crippen LogP contribution in [0.15, 0.2) is 0 Å². The summed E-state index contributed by atoms with van der Waals surface area (Å²) >= 11 is 0. The maximum absolute atomic E-state index is 11.1. The Hall–Kier alpha value is -0.660. The van der Waals surface area contributed by atoms with E-state index in [1.807, 2.05) is 0 Å². The Morgan fingerprint density at radius 2 is 2.17 bits per heavy atom. The second-order valence-corrected chi connectivity index (χ2v) is 7.23. The van der Waals surface area contributed by atoms with E-state index in [1.54, 1.807) is 11.8 Å². The number of nitrogens with zero attached hydrogens (tertiary/aromatic N) is 1. The van der Waals surface area contributed by atoms with Crippen molar-refractivity contribution in [3.05, 3.63) is 0 Å². The van der Waals surface area contributed by atoms with E-state index in [2.05, 4.69) is 4.72 Å². The zero-order chi connectivity index (χ0) is 13.4. The third kappa shape index (κ3) is 3.21. The molecule has 0 radical (unpaired) electrons. The first-order chi connectivity index (χ1) is 8.30. The number of rotatable bonds is 3. The highest BCUT2D eigenvalue weighted by atomic mass is 32.2. The first-order valence-corrected chi connectivity index (χ1v) is 8.03. The lowest BCUT2D eigenvalue weighted by molar-refractivity contribution is -0.186. The molecule has 2 aliphatic rings. The molecule has 1 spiro atoms. The van der Waals surface area contributed by atoms with Crippen molar-refractivity contribution in [1.29, 1.82) is 0 Å². The largest absolute Gasteiger partial charge is 0.371 e. The van der Waals surface area contributed by atoms with Gasteiger partial charge in [0.25, 0.3) is 0 Å². The van der Waals surface area contributed by atoms with Gasteiger partial charge in [0.15, 0.2) is 0 Å². The fourth-order valence-electron chi connectivity index (χ4n) is 2.47. The van der Waals surface area contributed by atoms with Crippen LogP contribution in [0.25, 0.3) is 0 Å². The maximum atomic E-state index is 11.1. The highest BCUT2D eigenvalue weighted by Gasteiger charge is 2.47. The fraction of sp³-hybridized carbons (Fsp3) is 0.909. The molecule has 6 nitrogen and oxygen atoms in total. The number of hydrogen-bond donors (Lipinski definition) is 1. The van der Waals surface area contributed by atoms with Gasteiger partial charge in [0.2, 0.25) is 15.9 Å². The van der Waals surface area contributed by atoms with Gasteiger partial charge in [0.1, 0.15) is 5.60 Å². The highest BCUT2D eigenvalue weighted by molar-refractivity contribution is 7.88. The van der Waals surface area contributed by atoms with Crippen molar-refractivity contribution in [2.24, 2.45) is 5.92 Å². The second-order valence-electron chi connectivity index (χ2n) is 5.39. The summed E-state index contributed by atoms with van der Waals surface area (Å²) in [7, 11) is -3.12. The zero-order valence-electron chi connectivity index (χ0n) is 10.8. The third-order valence-electron chi connectivity index (χ3n) is 3.67. The van der Waals surface area contributed by atoms with Crippen LogP contribution in [0, 0.1) is 5.92 Å². The average molecular weight is 276 g/mol. The Balaban J connectivity index is 1.74. The molecular weight excluding hydrogens is 256 g/mol. The standard InChI is InChI=1S/C11H20N2O4S/c1-9(14)13-7-11(8-13)4-3-10(6-17-11)5-12-18(2,15)16/h10,12H,3-8H2,1-2H3/t10-/m1/s1. The van der Waals surface area contributed by atoms with E-state index in [0.717, 1.165) is 19.1 Å². The van der Waals surface area contributed by atoms with Gasteiger partial charge in [-0.05, 0) is 18.8 Å². The van der Waals surface area contributed by atoms with Gasteiger partial charge < -0.3 is 9.64 Å². The Bertz CT molecular complexity index is 418. The van der Waals surface area contributed by atoms with E-state index in [0.29, 0.717) is 26.2 Å². The number of ether oxygens (including phenoxy) is 1. The van der Waals surface area contributed by atoms with Gasteiger partial charge in [-0.2, -0.15) is 0 Å². The molecule has 2 rings (SSSR count). The van der Waals surface area contributed by atoms with E-state index in [9.17, 15) is 13.2 Å². The first kappa shape index (κ1) is 13.8. The van der Waals surface area contributed by atoms with Crippen LogP contribution in [0.2, 0.25) is 0 Å². The lowest BCUT2D eigenvalue weighted by atomic mass is 9.83. The zero-order valence-corrected chi connectivity index (χ0v) is 11.6. The van der Waals surface area contributed by atoms with Gasteiger partial charge >= 0.3 is 0 Å². The minimum absolute atomic E-state index is 0.0880. The van der Waals surface area contributed by atoms with Crippen molar-refractivity contribution >= 4 is 15.9 Å². The Kier molecular flexibility index (Phi) is 3.66. The molecule has 18 heavy (non-hydrogen) atoms. The molecular formula is C11H20N2O4S. The van der Waals surface area contributed by atoms with Crippen LogP contribution in [0.5, 0.6) is 0 Å². The molecule has 2 aliphatic heterocycles. The molecule has 0 aromatic heterocycles. The smallest absolute Gasteiger partial charge is 0.219 e. The number of nitrogens with one attached hydrogen (secondary N) is 1. The summed E-state index contributed by atoms with van der Waals surface area (Å²) in [5.74, 6) is 0.321. The number of amides is 1. The lowest BCUT2D eigenvalue weighted by Crippen LogP contribution is -2.66. The Morgan fingerprint density at radius 3 is 2.61 bits per heavy atom. The molecule has 0 aromatic rings.